The van der Waals surface area contributed by atoms with Crippen molar-refractivity contribution >= 4 is 11.8 Å². The number of likely N-dealkylation sites (tertiary alicyclic amines) is 1. The molecule has 2 aliphatic rings. The average Bonchev–Trinajstić information content (AvgIpc) is 3.16. The fourth-order valence-corrected chi connectivity index (χ4v) is 3.62. The highest BCUT2D eigenvalue weighted by Gasteiger charge is 2.26. The Morgan fingerprint density at radius 2 is 2.00 bits per heavy atom. The van der Waals surface area contributed by atoms with Crippen LogP contribution in [0.1, 0.15) is 31.2 Å². The maximum Gasteiger partial charge on any atom is 0.237 e. The second kappa shape index (κ2) is 8.43. The van der Waals surface area contributed by atoms with Crippen molar-refractivity contribution < 1.29 is 14.0 Å². The van der Waals surface area contributed by atoms with Gasteiger partial charge in [-0.25, -0.2) is 4.39 Å². The van der Waals surface area contributed by atoms with Crippen LogP contribution in [0.4, 0.5) is 4.39 Å². The van der Waals surface area contributed by atoms with Gasteiger partial charge >= 0.3 is 0 Å². The molecular formula is C19H26FN3O2. The van der Waals surface area contributed by atoms with Gasteiger partial charge in [-0.05, 0) is 55.8 Å². The summed E-state index contributed by atoms with van der Waals surface area (Å²) in [5.74, 6) is 0.158. The summed E-state index contributed by atoms with van der Waals surface area (Å²) < 4.78 is 13.0. The largest absolute Gasteiger partial charge is 0.354 e. The van der Waals surface area contributed by atoms with Crippen molar-refractivity contribution in [3.8, 4) is 0 Å². The minimum absolute atomic E-state index is 0.0557. The number of halogens is 1. The molecule has 0 bridgehead atoms. The highest BCUT2D eigenvalue weighted by molar-refractivity contribution is 5.82. The smallest absolute Gasteiger partial charge is 0.237 e. The molecule has 136 valence electrons. The van der Waals surface area contributed by atoms with Gasteiger partial charge in [0.1, 0.15) is 5.82 Å². The highest BCUT2D eigenvalue weighted by Crippen LogP contribution is 2.17. The van der Waals surface area contributed by atoms with E-state index in [1.807, 2.05) is 4.90 Å². The Hall–Kier alpha value is -1.95. The van der Waals surface area contributed by atoms with Gasteiger partial charge < -0.3 is 15.5 Å². The number of hydrogen-bond donors (Lipinski definition) is 2. The summed E-state index contributed by atoms with van der Waals surface area (Å²) in [6.45, 7) is 2.97. The number of benzene rings is 1. The Morgan fingerprint density at radius 3 is 2.72 bits per heavy atom. The first-order chi connectivity index (χ1) is 12.1. The number of rotatable bonds is 5. The standard InChI is InChI=1S/C19H26FN3O2/c20-16-7-5-14(6-8-16)11-18(24)23-10-2-3-15(13-23)12-22-19(25)17-4-1-9-21-17/h5-8,15,17,21H,1-4,9-13H2,(H,22,25)/t15-,17-/m0/s1. The van der Waals surface area contributed by atoms with E-state index in [0.717, 1.165) is 44.3 Å². The molecule has 0 radical (unpaired) electrons. The van der Waals surface area contributed by atoms with Crippen LogP contribution in [0.5, 0.6) is 0 Å². The Bertz CT molecular complexity index is 599. The first-order valence-electron chi connectivity index (χ1n) is 9.15. The van der Waals surface area contributed by atoms with Gasteiger partial charge in [0.15, 0.2) is 0 Å². The van der Waals surface area contributed by atoms with Crippen LogP contribution in [-0.4, -0.2) is 48.9 Å². The number of carbonyl (C=O) groups excluding carboxylic acids is 2. The molecule has 0 unspecified atom stereocenters. The molecule has 2 amide bonds. The second-order valence-electron chi connectivity index (χ2n) is 7.05. The van der Waals surface area contributed by atoms with Gasteiger partial charge in [-0.1, -0.05) is 12.1 Å². The van der Waals surface area contributed by atoms with Crippen molar-refractivity contribution in [1.82, 2.24) is 15.5 Å². The fourth-order valence-electron chi connectivity index (χ4n) is 3.62. The summed E-state index contributed by atoms with van der Waals surface area (Å²) in [5.41, 5.74) is 0.828. The lowest BCUT2D eigenvalue weighted by molar-refractivity contribution is -0.132. The van der Waals surface area contributed by atoms with E-state index in [9.17, 15) is 14.0 Å². The number of nitrogens with zero attached hydrogens (tertiary/aromatic N) is 1. The van der Waals surface area contributed by atoms with Crippen LogP contribution in [0, 0.1) is 11.7 Å². The van der Waals surface area contributed by atoms with Crippen LogP contribution in [0.3, 0.4) is 0 Å². The van der Waals surface area contributed by atoms with E-state index in [1.165, 1.54) is 12.1 Å². The molecule has 25 heavy (non-hydrogen) atoms. The molecule has 0 aliphatic carbocycles. The van der Waals surface area contributed by atoms with E-state index in [2.05, 4.69) is 10.6 Å². The van der Waals surface area contributed by atoms with E-state index < -0.39 is 0 Å². The molecule has 5 nitrogen and oxygen atoms in total. The molecule has 2 fully saturated rings. The van der Waals surface area contributed by atoms with Crippen molar-refractivity contribution in [1.29, 1.82) is 0 Å². The second-order valence-corrected chi connectivity index (χ2v) is 7.05. The predicted molar refractivity (Wildman–Crippen MR) is 93.4 cm³/mol. The lowest BCUT2D eigenvalue weighted by Gasteiger charge is -2.33. The normalized spacial score (nSPS) is 23.5. The first-order valence-corrected chi connectivity index (χ1v) is 9.15. The zero-order chi connectivity index (χ0) is 17.6. The monoisotopic (exact) mass is 347 g/mol. The van der Waals surface area contributed by atoms with Crippen molar-refractivity contribution in [3.05, 3.63) is 35.6 Å². The summed E-state index contributed by atoms with van der Waals surface area (Å²) in [4.78, 5) is 26.4. The number of carbonyl (C=O) groups is 2. The van der Waals surface area contributed by atoms with E-state index in [-0.39, 0.29) is 23.7 Å². The highest BCUT2D eigenvalue weighted by atomic mass is 19.1. The van der Waals surface area contributed by atoms with Gasteiger partial charge in [0.25, 0.3) is 0 Å². The maximum absolute atomic E-state index is 13.0. The van der Waals surface area contributed by atoms with Crippen molar-refractivity contribution in [3.63, 3.8) is 0 Å². The molecule has 3 rings (SSSR count). The molecule has 2 aliphatic heterocycles. The molecular weight excluding hydrogens is 321 g/mol. The molecule has 0 aromatic heterocycles. The molecule has 0 saturated carbocycles. The van der Waals surface area contributed by atoms with Gasteiger partial charge in [-0.2, -0.15) is 0 Å². The summed E-state index contributed by atoms with van der Waals surface area (Å²) >= 11 is 0. The van der Waals surface area contributed by atoms with Crippen LogP contribution >= 0.6 is 0 Å². The third kappa shape index (κ3) is 5.01. The first kappa shape index (κ1) is 17.9. The Balaban J connectivity index is 1.46. The third-order valence-electron chi connectivity index (χ3n) is 5.08. The van der Waals surface area contributed by atoms with Crippen LogP contribution in [0.15, 0.2) is 24.3 Å². The molecule has 1 aromatic rings. The van der Waals surface area contributed by atoms with E-state index in [1.54, 1.807) is 12.1 Å². The predicted octanol–water partition coefficient (Wildman–Crippen LogP) is 1.47. The van der Waals surface area contributed by atoms with Gasteiger partial charge in [0.05, 0.1) is 12.5 Å². The topological polar surface area (TPSA) is 61.4 Å². The van der Waals surface area contributed by atoms with E-state index in [0.29, 0.717) is 25.4 Å². The van der Waals surface area contributed by atoms with Crippen LogP contribution < -0.4 is 10.6 Å². The number of piperidine rings is 1. The summed E-state index contributed by atoms with van der Waals surface area (Å²) in [6.07, 6.45) is 4.23. The lowest BCUT2D eigenvalue weighted by Crippen LogP contribution is -2.47. The fraction of sp³-hybridized carbons (Fsp3) is 0.579. The van der Waals surface area contributed by atoms with Gasteiger partial charge in [0.2, 0.25) is 11.8 Å². The van der Waals surface area contributed by atoms with Crippen LogP contribution in [0.2, 0.25) is 0 Å². The number of amides is 2. The lowest BCUT2D eigenvalue weighted by atomic mass is 9.97. The van der Waals surface area contributed by atoms with Crippen LogP contribution in [-0.2, 0) is 16.0 Å². The minimum atomic E-state index is -0.290. The average molecular weight is 347 g/mol. The quantitative estimate of drug-likeness (QED) is 0.848. The van der Waals surface area contributed by atoms with Gasteiger partial charge in [0, 0.05) is 19.6 Å². The van der Waals surface area contributed by atoms with Crippen molar-refractivity contribution in [2.45, 2.75) is 38.1 Å². The molecule has 2 saturated heterocycles. The Morgan fingerprint density at radius 1 is 1.20 bits per heavy atom. The zero-order valence-corrected chi connectivity index (χ0v) is 14.5. The third-order valence-corrected chi connectivity index (χ3v) is 5.08. The maximum atomic E-state index is 13.0. The van der Waals surface area contributed by atoms with Crippen LogP contribution in [0.25, 0.3) is 0 Å². The summed E-state index contributed by atoms with van der Waals surface area (Å²) in [5, 5.41) is 6.23. The zero-order valence-electron chi connectivity index (χ0n) is 14.5. The van der Waals surface area contributed by atoms with E-state index in [4.69, 9.17) is 0 Å². The summed E-state index contributed by atoms with van der Waals surface area (Å²) in [7, 11) is 0. The van der Waals surface area contributed by atoms with Gasteiger partial charge in [-0.15, -0.1) is 0 Å². The van der Waals surface area contributed by atoms with Crippen molar-refractivity contribution in [2.75, 3.05) is 26.2 Å². The number of nitrogens with one attached hydrogen (secondary N) is 2. The molecule has 2 heterocycles. The SMILES string of the molecule is O=C(NC[C@@H]1CCCN(C(=O)Cc2ccc(F)cc2)C1)[C@@H]1CCCN1. The molecule has 2 atom stereocenters. The van der Waals surface area contributed by atoms with Gasteiger partial charge in [-0.3, -0.25) is 9.59 Å². The minimum Gasteiger partial charge on any atom is -0.354 e. The molecule has 6 heteroatoms. The summed E-state index contributed by atoms with van der Waals surface area (Å²) in [6, 6.07) is 6.02. The Kier molecular flexibility index (Phi) is 6.02. The molecule has 1 aromatic carbocycles. The van der Waals surface area contributed by atoms with E-state index >= 15 is 0 Å². The van der Waals surface area contributed by atoms with Crippen molar-refractivity contribution in [2.24, 2.45) is 5.92 Å². The number of hydrogen-bond acceptors (Lipinski definition) is 3. The molecule has 0 spiro atoms. The Labute approximate surface area is 148 Å². The molecule has 2 N–H and O–H groups in total.